The molecule has 3 aromatic carbocycles. The van der Waals surface area contributed by atoms with Crippen molar-refractivity contribution in [1.29, 1.82) is 0 Å². The van der Waals surface area contributed by atoms with Crippen LogP contribution in [-0.4, -0.2) is 26.1 Å². The largest absolute Gasteiger partial charge is 0.772 e. The number of ether oxygens (including phenoxy) is 1. The molecule has 4 nitrogen and oxygen atoms in total. The molecule has 0 N–H and O–H groups in total. The third-order valence-electron chi connectivity index (χ3n) is 4.46. The summed E-state index contributed by atoms with van der Waals surface area (Å²) < 4.78 is 26.7. The van der Waals surface area contributed by atoms with Crippen molar-refractivity contribution in [2.45, 2.75) is 6.42 Å². The number of aromatic nitrogens is 1. The molecule has 0 radical (unpaired) electrons. The minimum absolute atomic E-state index is 0.116. The molecule has 1 unspecified atom stereocenters. The maximum atomic E-state index is 10.5. The average Bonchev–Trinajstić information content (AvgIpc) is 2.71. The second-order valence-electron chi connectivity index (χ2n) is 6.26. The minimum atomic E-state index is -2.02. The maximum absolute atomic E-state index is 10.5. The van der Waals surface area contributed by atoms with Gasteiger partial charge in [0.2, 0.25) is 0 Å². The first-order valence-electron chi connectivity index (χ1n) is 8.79. The third-order valence-corrected chi connectivity index (χ3v) is 5.08. The quantitative estimate of drug-likeness (QED) is 0.278. The number of hydrogen-bond acceptors (Lipinski definition) is 4. The van der Waals surface area contributed by atoms with Gasteiger partial charge in [0.05, 0.1) is 17.8 Å². The minimum Gasteiger partial charge on any atom is -0.772 e. The number of hydrogen-bond donors (Lipinski definition) is 0. The van der Waals surface area contributed by atoms with Crippen LogP contribution in [0.1, 0.15) is 6.42 Å². The summed E-state index contributed by atoms with van der Waals surface area (Å²) in [4.78, 5) is 4.89. The van der Waals surface area contributed by atoms with Gasteiger partial charge in [-0.1, -0.05) is 53.5 Å². The first kappa shape index (κ1) is 17.6. The number of nitrogens with zero attached hydrogens (tertiary/aromatic N) is 1. The number of rotatable bonds is 6. The van der Waals surface area contributed by atoms with Crippen LogP contribution in [0.4, 0.5) is 0 Å². The van der Waals surface area contributed by atoms with E-state index in [2.05, 4.69) is 18.2 Å². The highest BCUT2D eigenvalue weighted by Gasteiger charge is 2.09. The standard InChI is InChI=1S/C22H19NO3S/c24-27(25)15-5-14-26-17-12-10-16(11-13-17)22-20-8-2-1-6-18(20)19-7-3-4-9-21(19)23-22/h1-4,6-13H,5,14-15H2,(H,24,25)/p-1. The highest BCUT2D eigenvalue weighted by Crippen LogP contribution is 2.32. The highest BCUT2D eigenvalue weighted by atomic mass is 32.2. The summed E-state index contributed by atoms with van der Waals surface area (Å²) in [6.07, 6.45) is 0.481. The van der Waals surface area contributed by atoms with E-state index in [1.165, 1.54) is 5.39 Å². The normalized spacial score (nSPS) is 12.3. The molecule has 4 rings (SSSR count). The summed E-state index contributed by atoms with van der Waals surface area (Å²) >= 11 is -2.02. The predicted molar refractivity (Wildman–Crippen MR) is 109 cm³/mol. The van der Waals surface area contributed by atoms with Crippen LogP contribution in [-0.2, 0) is 11.1 Å². The van der Waals surface area contributed by atoms with E-state index >= 15 is 0 Å². The number of pyridine rings is 1. The molecular weight excluding hydrogens is 358 g/mol. The molecular formula is C22H18NO3S-. The van der Waals surface area contributed by atoms with E-state index in [0.29, 0.717) is 13.0 Å². The molecule has 4 aromatic rings. The molecule has 0 aliphatic heterocycles. The van der Waals surface area contributed by atoms with Crippen molar-refractivity contribution in [3.63, 3.8) is 0 Å². The lowest BCUT2D eigenvalue weighted by molar-refractivity contribution is 0.317. The van der Waals surface area contributed by atoms with Gasteiger partial charge in [0.1, 0.15) is 5.75 Å². The van der Waals surface area contributed by atoms with Crippen LogP contribution >= 0.6 is 0 Å². The fourth-order valence-corrected chi connectivity index (χ4v) is 3.55. The van der Waals surface area contributed by atoms with E-state index in [-0.39, 0.29) is 5.75 Å². The molecule has 1 heterocycles. The van der Waals surface area contributed by atoms with Crippen LogP contribution in [0, 0.1) is 0 Å². The van der Waals surface area contributed by atoms with Crippen LogP contribution < -0.4 is 4.74 Å². The lowest BCUT2D eigenvalue weighted by Gasteiger charge is -2.11. The second kappa shape index (κ2) is 7.86. The Labute approximate surface area is 160 Å². The van der Waals surface area contributed by atoms with Gasteiger partial charge in [0, 0.05) is 22.1 Å². The van der Waals surface area contributed by atoms with Crippen LogP contribution in [0.5, 0.6) is 5.75 Å². The summed E-state index contributed by atoms with van der Waals surface area (Å²) in [5.41, 5.74) is 2.93. The SMILES string of the molecule is O=S([O-])CCCOc1ccc(-c2nc3ccccc3c3ccccc23)cc1. The lowest BCUT2D eigenvalue weighted by Crippen LogP contribution is -2.03. The van der Waals surface area contributed by atoms with E-state index < -0.39 is 11.1 Å². The first-order chi connectivity index (χ1) is 13.2. The van der Waals surface area contributed by atoms with Crippen LogP contribution in [0.25, 0.3) is 32.9 Å². The van der Waals surface area contributed by atoms with Gasteiger partial charge >= 0.3 is 0 Å². The summed E-state index contributed by atoms with van der Waals surface area (Å²) in [7, 11) is 0. The average molecular weight is 376 g/mol. The van der Waals surface area contributed by atoms with E-state index in [4.69, 9.17) is 9.72 Å². The van der Waals surface area contributed by atoms with E-state index in [1.54, 1.807) is 0 Å². The molecule has 27 heavy (non-hydrogen) atoms. The molecule has 5 heteroatoms. The van der Waals surface area contributed by atoms with Crippen LogP contribution in [0.2, 0.25) is 0 Å². The van der Waals surface area contributed by atoms with E-state index in [1.807, 2.05) is 54.6 Å². The topological polar surface area (TPSA) is 62.2 Å². The van der Waals surface area contributed by atoms with Gasteiger partial charge < -0.3 is 9.29 Å². The Morgan fingerprint density at radius 2 is 1.52 bits per heavy atom. The van der Waals surface area contributed by atoms with E-state index in [0.717, 1.165) is 33.3 Å². The Balaban J connectivity index is 1.66. The van der Waals surface area contributed by atoms with Crippen molar-refractivity contribution in [1.82, 2.24) is 4.98 Å². The Morgan fingerprint density at radius 1 is 0.852 bits per heavy atom. The van der Waals surface area contributed by atoms with Gasteiger partial charge in [0.15, 0.2) is 0 Å². The van der Waals surface area contributed by atoms with Gasteiger partial charge in [0.25, 0.3) is 0 Å². The molecule has 136 valence electrons. The molecule has 0 saturated heterocycles. The maximum Gasteiger partial charge on any atom is 0.119 e. The predicted octanol–water partition coefficient (Wildman–Crippen LogP) is 4.70. The number of fused-ring (bicyclic) bond motifs is 3. The van der Waals surface area contributed by atoms with E-state index in [9.17, 15) is 8.76 Å². The summed E-state index contributed by atoms with van der Waals surface area (Å²) in [6.45, 7) is 0.379. The molecule has 0 aliphatic carbocycles. The van der Waals surface area contributed by atoms with Crippen molar-refractivity contribution in [3.05, 3.63) is 72.8 Å². The summed E-state index contributed by atoms with van der Waals surface area (Å²) in [5, 5.41) is 3.44. The van der Waals surface area contributed by atoms with Gasteiger partial charge in [-0.15, -0.1) is 0 Å². The zero-order chi connectivity index (χ0) is 18.6. The van der Waals surface area contributed by atoms with Crippen LogP contribution in [0.3, 0.4) is 0 Å². The smallest absolute Gasteiger partial charge is 0.119 e. The van der Waals surface area contributed by atoms with Crippen molar-refractivity contribution < 1.29 is 13.5 Å². The number of benzene rings is 3. The van der Waals surface area contributed by atoms with Crippen molar-refractivity contribution >= 4 is 32.8 Å². The third kappa shape index (κ3) is 3.84. The monoisotopic (exact) mass is 376 g/mol. The first-order valence-corrected chi connectivity index (χ1v) is 10.0. The Morgan fingerprint density at radius 3 is 2.26 bits per heavy atom. The van der Waals surface area contributed by atoms with Gasteiger partial charge in [-0.05, 0) is 42.1 Å². The Kier molecular flexibility index (Phi) is 5.14. The zero-order valence-corrected chi connectivity index (χ0v) is 15.4. The molecule has 0 spiro atoms. The van der Waals surface area contributed by atoms with Crippen molar-refractivity contribution in [3.8, 4) is 17.0 Å². The van der Waals surface area contributed by atoms with Gasteiger partial charge in [-0.25, -0.2) is 4.98 Å². The van der Waals surface area contributed by atoms with Gasteiger partial charge in [-0.3, -0.25) is 4.21 Å². The second-order valence-corrected chi connectivity index (χ2v) is 7.27. The molecule has 0 saturated carbocycles. The van der Waals surface area contributed by atoms with Crippen molar-refractivity contribution in [2.75, 3.05) is 12.4 Å². The van der Waals surface area contributed by atoms with Crippen molar-refractivity contribution in [2.24, 2.45) is 0 Å². The molecule has 0 fully saturated rings. The molecule has 0 bridgehead atoms. The Hall–Kier alpha value is -2.76. The highest BCUT2D eigenvalue weighted by molar-refractivity contribution is 7.79. The molecule has 1 aromatic heterocycles. The lowest BCUT2D eigenvalue weighted by atomic mass is 10.00. The fourth-order valence-electron chi connectivity index (χ4n) is 3.20. The summed E-state index contributed by atoms with van der Waals surface area (Å²) in [6, 6.07) is 24.2. The molecule has 1 atom stereocenters. The molecule has 0 amide bonds. The fraction of sp³-hybridized carbons (Fsp3) is 0.136. The number of para-hydroxylation sites is 1. The van der Waals surface area contributed by atoms with Gasteiger partial charge in [-0.2, -0.15) is 0 Å². The molecule has 0 aliphatic rings. The Bertz CT molecular complexity index is 1110. The zero-order valence-electron chi connectivity index (χ0n) is 14.6. The summed E-state index contributed by atoms with van der Waals surface area (Å²) in [5.74, 6) is 0.839. The van der Waals surface area contributed by atoms with Crippen LogP contribution in [0.15, 0.2) is 72.8 Å².